The van der Waals surface area contributed by atoms with Crippen LogP contribution >= 0.6 is 0 Å². The predicted octanol–water partition coefficient (Wildman–Crippen LogP) is 3.99. The lowest BCUT2D eigenvalue weighted by Gasteiger charge is -2.43. The molecule has 0 radical (unpaired) electrons. The average Bonchev–Trinajstić information content (AvgIpc) is 2.46. The van der Waals surface area contributed by atoms with E-state index < -0.39 is 0 Å². The molecule has 1 aliphatic carbocycles. The molecule has 0 bridgehead atoms. The first-order valence-corrected chi connectivity index (χ1v) is 8.11. The Kier molecular flexibility index (Phi) is 5.39. The molecule has 1 aromatic carbocycles. The molecular weight excluding hydrogens is 265 g/mol. The first-order chi connectivity index (χ1) is 9.97. The summed E-state index contributed by atoms with van der Waals surface area (Å²) in [6.07, 6.45) is 5.03. The van der Waals surface area contributed by atoms with Gasteiger partial charge in [-0.25, -0.2) is 4.39 Å². The second-order valence-corrected chi connectivity index (χ2v) is 6.56. The lowest BCUT2D eigenvalue weighted by molar-refractivity contribution is -0.0883. The van der Waals surface area contributed by atoms with Crippen molar-refractivity contribution in [2.24, 2.45) is 11.7 Å². The van der Waals surface area contributed by atoms with Crippen LogP contribution in [-0.2, 0) is 11.2 Å². The van der Waals surface area contributed by atoms with Gasteiger partial charge in [-0.2, -0.15) is 0 Å². The summed E-state index contributed by atoms with van der Waals surface area (Å²) in [5.74, 6) is 0.562. The zero-order valence-corrected chi connectivity index (χ0v) is 13.5. The molecule has 21 heavy (non-hydrogen) atoms. The number of ether oxygens (including phenoxy) is 1. The minimum absolute atomic E-state index is 0.0783. The highest BCUT2D eigenvalue weighted by Crippen LogP contribution is 2.37. The first kappa shape index (κ1) is 16.4. The van der Waals surface area contributed by atoms with Crippen LogP contribution in [0.25, 0.3) is 0 Å². The monoisotopic (exact) mass is 293 g/mol. The zero-order valence-electron chi connectivity index (χ0n) is 13.5. The molecule has 2 N–H and O–H groups in total. The SMILES string of the molecule is CCOC1(C(N)Cc2cc(F)ccc2C)CCC(C)CC1. The molecule has 1 atom stereocenters. The maximum Gasteiger partial charge on any atom is 0.123 e. The molecule has 0 aliphatic heterocycles. The Morgan fingerprint density at radius 2 is 2.05 bits per heavy atom. The molecule has 0 heterocycles. The van der Waals surface area contributed by atoms with Gasteiger partial charge in [-0.3, -0.25) is 0 Å². The molecule has 1 unspecified atom stereocenters. The van der Waals surface area contributed by atoms with Crippen molar-refractivity contribution in [2.75, 3.05) is 6.61 Å². The summed E-state index contributed by atoms with van der Waals surface area (Å²) in [6.45, 7) is 7.01. The Balaban J connectivity index is 2.15. The van der Waals surface area contributed by atoms with Gasteiger partial charge in [0.05, 0.1) is 5.60 Å². The van der Waals surface area contributed by atoms with Crippen LogP contribution in [0.2, 0.25) is 0 Å². The van der Waals surface area contributed by atoms with Gasteiger partial charge < -0.3 is 10.5 Å². The van der Waals surface area contributed by atoms with E-state index in [9.17, 15) is 4.39 Å². The van der Waals surface area contributed by atoms with Gasteiger partial charge in [-0.15, -0.1) is 0 Å². The summed E-state index contributed by atoms with van der Waals surface area (Å²) in [5.41, 5.74) is 8.38. The minimum Gasteiger partial charge on any atom is -0.374 e. The van der Waals surface area contributed by atoms with E-state index in [1.807, 2.05) is 19.9 Å². The summed E-state index contributed by atoms with van der Waals surface area (Å²) >= 11 is 0. The fourth-order valence-corrected chi connectivity index (χ4v) is 3.44. The second-order valence-electron chi connectivity index (χ2n) is 6.56. The van der Waals surface area contributed by atoms with Crippen LogP contribution < -0.4 is 5.73 Å². The van der Waals surface area contributed by atoms with E-state index in [0.717, 1.165) is 42.7 Å². The maximum absolute atomic E-state index is 13.5. The standard InChI is InChI=1S/C18H28FNO/c1-4-21-18(9-7-13(2)8-10-18)17(20)12-15-11-16(19)6-5-14(15)3/h5-6,11,13,17H,4,7-10,12,20H2,1-3H3. The summed E-state index contributed by atoms with van der Waals surface area (Å²) < 4.78 is 19.6. The van der Waals surface area contributed by atoms with Gasteiger partial charge in [0.25, 0.3) is 0 Å². The fraction of sp³-hybridized carbons (Fsp3) is 0.667. The minimum atomic E-state index is -0.236. The summed E-state index contributed by atoms with van der Waals surface area (Å²) in [7, 11) is 0. The van der Waals surface area contributed by atoms with Gasteiger partial charge in [-0.05, 0) is 75.1 Å². The number of hydrogen-bond acceptors (Lipinski definition) is 2. The van der Waals surface area contributed by atoms with Crippen molar-refractivity contribution in [3.8, 4) is 0 Å². The van der Waals surface area contributed by atoms with Crippen LogP contribution in [0.3, 0.4) is 0 Å². The number of aryl methyl sites for hydroxylation is 1. The van der Waals surface area contributed by atoms with Gasteiger partial charge in [0, 0.05) is 12.6 Å². The van der Waals surface area contributed by atoms with E-state index >= 15 is 0 Å². The molecule has 1 fully saturated rings. The van der Waals surface area contributed by atoms with Gasteiger partial charge in [0.2, 0.25) is 0 Å². The number of halogens is 1. The third-order valence-electron chi connectivity index (χ3n) is 4.98. The number of hydrogen-bond donors (Lipinski definition) is 1. The Labute approximate surface area is 127 Å². The topological polar surface area (TPSA) is 35.2 Å². The highest BCUT2D eigenvalue weighted by molar-refractivity contribution is 5.28. The van der Waals surface area contributed by atoms with Crippen LogP contribution in [0.15, 0.2) is 18.2 Å². The van der Waals surface area contributed by atoms with Crippen LogP contribution in [0.5, 0.6) is 0 Å². The number of rotatable bonds is 5. The van der Waals surface area contributed by atoms with E-state index in [-0.39, 0.29) is 17.5 Å². The molecular formula is C18H28FNO. The normalized spacial score (nSPS) is 27.6. The highest BCUT2D eigenvalue weighted by atomic mass is 19.1. The first-order valence-electron chi connectivity index (χ1n) is 8.11. The van der Waals surface area contributed by atoms with Gasteiger partial charge in [0.15, 0.2) is 0 Å². The third-order valence-corrected chi connectivity index (χ3v) is 4.98. The molecule has 0 saturated heterocycles. The van der Waals surface area contributed by atoms with E-state index in [2.05, 4.69) is 6.92 Å². The number of benzene rings is 1. The largest absolute Gasteiger partial charge is 0.374 e. The van der Waals surface area contributed by atoms with E-state index in [4.69, 9.17) is 10.5 Å². The molecule has 2 rings (SSSR count). The molecule has 3 heteroatoms. The molecule has 118 valence electrons. The quantitative estimate of drug-likeness (QED) is 0.891. The van der Waals surface area contributed by atoms with E-state index in [1.165, 1.54) is 6.07 Å². The van der Waals surface area contributed by atoms with Crippen molar-refractivity contribution in [3.63, 3.8) is 0 Å². The Morgan fingerprint density at radius 1 is 1.38 bits per heavy atom. The lowest BCUT2D eigenvalue weighted by Crippen LogP contribution is -2.53. The van der Waals surface area contributed by atoms with Crippen molar-refractivity contribution < 1.29 is 9.13 Å². The van der Waals surface area contributed by atoms with Crippen LogP contribution in [0.4, 0.5) is 4.39 Å². The van der Waals surface area contributed by atoms with Crippen LogP contribution in [0.1, 0.15) is 50.7 Å². The van der Waals surface area contributed by atoms with Gasteiger partial charge in [-0.1, -0.05) is 13.0 Å². The second kappa shape index (κ2) is 6.89. The van der Waals surface area contributed by atoms with Crippen molar-refractivity contribution in [3.05, 3.63) is 35.1 Å². The summed E-state index contributed by atoms with van der Waals surface area (Å²) in [6, 6.07) is 4.87. The van der Waals surface area contributed by atoms with Crippen molar-refractivity contribution in [1.29, 1.82) is 0 Å². The fourth-order valence-electron chi connectivity index (χ4n) is 3.44. The third kappa shape index (κ3) is 3.83. The van der Waals surface area contributed by atoms with Crippen LogP contribution in [-0.4, -0.2) is 18.2 Å². The van der Waals surface area contributed by atoms with Gasteiger partial charge >= 0.3 is 0 Å². The van der Waals surface area contributed by atoms with Crippen LogP contribution in [0, 0.1) is 18.7 Å². The molecule has 0 spiro atoms. The summed E-state index contributed by atoms with van der Waals surface area (Å²) in [5, 5.41) is 0. The summed E-state index contributed by atoms with van der Waals surface area (Å²) in [4.78, 5) is 0. The lowest BCUT2D eigenvalue weighted by atomic mass is 9.74. The van der Waals surface area contributed by atoms with E-state index in [1.54, 1.807) is 6.07 Å². The van der Waals surface area contributed by atoms with Gasteiger partial charge in [0.1, 0.15) is 5.82 Å². The van der Waals surface area contributed by atoms with Crippen molar-refractivity contribution >= 4 is 0 Å². The molecule has 2 nitrogen and oxygen atoms in total. The van der Waals surface area contributed by atoms with Crippen molar-refractivity contribution in [1.82, 2.24) is 0 Å². The zero-order chi connectivity index (χ0) is 15.5. The number of nitrogens with two attached hydrogens (primary N) is 1. The highest BCUT2D eigenvalue weighted by Gasteiger charge is 2.40. The molecule has 1 saturated carbocycles. The molecule has 0 aromatic heterocycles. The predicted molar refractivity (Wildman–Crippen MR) is 84.8 cm³/mol. The Bertz CT molecular complexity index is 466. The molecule has 1 aliphatic rings. The average molecular weight is 293 g/mol. The Morgan fingerprint density at radius 3 is 2.67 bits per heavy atom. The Hall–Kier alpha value is -0.930. The maximum atomic E-state index is 13.5. The molecule has 1 aromatic rings. The van der Waals surface area contributed by atoms with Crippen molar-refractivity contribution in [2.45, 2.75) is 64.5 Å². The smallest absolute Gasteiger partial charge is 0.123 e. The molecule has 0 amide bonds. The van der Waals surface area contributed by atoms with E-state index in [0.29, 0.717) is 13.0 Å².